The Morgan fingerprint density at radius 2 is 1.73 bits per heavy atom. The number of nitrogens with one attached hydrogen (secondary N) is 2. The van der Waals surface area contributed by atoms with E-state index in [4.69, 9.17) is 4.74 Å². The number of hydrogen-bond acceptors (Lipinski definition) is 5. The van der Waals surface area contributed by atoms with Crippen LogP contribution >= 0.6 is 11.3 Å². The van der Waals surface area contributed by atoms with Crippen molar-refractivity contribution in [3.05, 3.63) is 83.4 Å². The quantitative estimate of drug-likeness (QED) is 0.475. The molecule has 0 saturated heterocycles. The van der Waals surface area contributed by atoms with E-state index in [1.165, 1.54) is 11.3 Å². The molecule has 4 aromatic rings. The van der Waals surface area contributed by atoms with E-state index in [9.17, 15) is 9.59 Å². The van der Waals surface area contributed by atoms with Gasteiger partial charge in [-0.15, -0.1) is 11.3 Å². The third-order valence-corrected chi connectivity index (χ3v) is 5.34. The molecule has 30 heavy (non-hydrogen) atoms. The smallest absolute Gasteiger partial charge is 0.257 e. The lowest BCUT2D eigenvalue weighted by molar-refractivity contribution is -0.115. The summed E-state index contributed by atoms with van der Waals surface area (Å²) in [6.45, 7) is 0. The summed E-state index contributed by atoms with van der Waals surface area (Å²) in [4.78, 5) is 29.2. The molecule has 3 aromatic carbocycles. The highest BCUT2D eigenvalue weighted by Crippen LogP contribution is 2.23. The summed E-state index contributed by atoms with van der Waals surface area (Å²) in [5.74, 6) is 0.253. The number of thiazole rings is 1. The molecule has 0 spiro atoms. The number of fused-ring (bicyclic) bond motifs is 1. The van der Waals surface area contributed by atoms with Crippen LogP contribution in [0.4, 0.5) is 10.8 Å². The summed E-state index contributed by atoms with van der Waals surface area (Å²) in [5, 5.41) is 9.97. The molecule has 0 fully saturated rings. The van der Waals surface area contributed by atoms with Gasteiger partial charge in [-0.3, -0.25) is 14.9 Å². The number of ether oxygens (including phenoxy) is 1. The second-order valence-electron chi connectivity index (χ2n) is 6.58. The Kier molecular flexibility index (Phi) is 5.72. The van der Waals surface area contributed by atoms with Gasteiger partial charge in [0.15, 0.2) is 5.13 Å². The van der Waals surface area contributed by atoms with Gasteiger partial charge in [0.05, 0.1) is 19.2 Å². The number of carbonyl (C=O) groups is 2. The summed E-state index contributed by atoms with van der Waals surface area (Å²) in [6, 6.07) is 20.5. The van der Waals surface area contributed by atoms with Gasteiger partial charge < -0.3 is 10.1 Å². The van der Waals surface area contributed by atoms with Crippen molar-refractivity contribution in [2.24, 2.45) is 0 Å². The highest BCUT2D eigenvalue weighted by Gasteiger charge is 2.12. The second kappa shape index (κ2) is 8.75. The molecule has 150 valence electrons. The summed E-state index contributed by atoms with van der Waals surface area (Å²) < 4.78 is 5.09. The zero-order chi connectivity index (χ0) is 20.9. The minimum Gasteiger partial charge on any atom is -0.497 e. The summed E-state index contributed by atoms with van der Waals surface area (Å²) in [5.41, 5.74) is 1.87. The van der Waals surface area contributed by atoms with Gasteiger partial charge in [0.25, 0.3) is 5.91 Å². The predicted molar refractivity (Wildman–Crippen MR) is 119 cm³/mol. The van der Waals surface area contributed by atoms with Crippen LogP contribution < -0.4 is 15.4 Å². The van der Waals surface area contributed by atoms with Gasteiger partial charge in [-0.25, -0.2) is 4.98 Å². The van der Waals surface area contributed by atoms with E-state index in [1.54, 1.807) is 36.8 Å². The van der Waals surface area contributed by atoms with Crippen LogP contribution in [0.3, 0.4) is 0 Å². The Bertz CT molecular complexity index is 1200. The molecule has 0 aliphatic heterocycles. The fraction of sp³-hybridized carbons (Fsp3) is 0.0870. The Labute approximate surface area is 177 Å². The minimum absolute atomic E-state index is 0.123. The van der Waals surface area contributed by atoms with Crippen LogP contribution in [-0.2, 0) is 11.2 Å². The molecular formula is C23H19N3O3S. The van der Waals surface area contributed by atoms with E-state index >= 15 is 0 Å². The lowest BCUT2D eigenvalue weighted by atomic mass is 10.1. The highest BCUT2D eigenvalue weighted by molar-refractivity contribution is 7.14. The van der Waals surface area contributed by atoms with E-state index < -0.39 is 0 Å². The van der Waals surface area contributed by atoms with Crippen molar-refractivity contribution in [2.75, 3.05) is 17.7 Å². The van der Waals surface area contributed by atoms with E-state index in [-0.39, 0.29) is 18.2 Å². The monoisotopic (exact) mass is 417 g/mol. The number of nitrogens with zero attached hydrogens (tertiary/aromatic N) is 1. The van der Waals surface area contributed by atoms with Gasteiger partial charge in [0.1, 0.15) is 5.75 Å². The number of amides is 2. The SMILES string of the molecule is COc1ccc(C(=O)Nc2nc(CC(=O)Nc3cccc4ccccc34)cs2)cc1. The molecule has 1 aromatic heterocycles. The number of aromatic nitrogens is 1. The van der Waals surface area contributed by atoms with Crippen molar-refractivity contribution < 1.29 is 14.3 Å². The molecule has 0 bridgehead atoms. The van der Waals surface area contributed by atoms with E-state index in [1.807, 2.05) is 42.5 Å². The first kappa shape index (κ1) is 19.6. The van der Waals surface area contributed by atoms with Crippen molar-refractivity contribution in [1.82, 2.24) is 4.98 Å². The normalized spacial score (nSPS) is 10.6. The first-order valence-corrected chi connectivity index (χ1v) is 10.2. The lowest BCUT2D eigenvalue weighted by Crippen LogP contribution is -2.15. The van der Waals surface area contributed by atoms with Gasteiger partial charge in [-0.05, 0) is 35.7 Å². The largest absolute Gasteiger partial charge is 0.497 e. The van der Waals surface area contributed by atoms with Crippen LogP contribution in [0, 0.1) is 0 Å². The fourth-order valence-electron chi connectivity index (χ4n) is 3.05. The average Bonchev–Trinajstić information content (AvgIpc) is 3.20. The molecule has 0 unspecified atom stereocenters. The van der Waals surface area contributed by atoms with Crippen LogP contribution in [0.15, 0.2) is 72.1 Å². The van der Waals surface area contributed by atoms with Gasteiger partial charge in [-0.2, -0.15) is 0 Å². The first-order valence-electron chi connectivity index (χ1n) is 9.30. The molecule has 0 saturated carbocycles. The van der Waals surface area contributed by atoms with Crippen LogP contribution in [0.5, 0.6) is 5.75 Å². The standard InChI is InChI=1S/C23H19N3O3S/c1-29-18-11-9-16(10-12-18)22(28)26-23-24-17(14-30-23)13-21(27)25-20-8-4-6-15-5-2-3-7-19(15)20/h2-12,14H,13H2,1H3,(H,25,27)(H,24,26,28). The molecule has 0 atom stereocenters. The molecule has 4 rings (SSSR count). The molecule has 2 amide bonds. The van der Waals surface area contributed by atoms with E-state index in [2.05, 4.69) is 15.6 Å². The van der Waals surface area contributed by atoms with E-state index in [0.717, 1.165) is 16.5 Å². The van der Waals surface area contributed by atoms with Crippen molar-refractivity contribution in [1.29, 1.82) is 0 Å². The number of benzene rings is 3. The number of methoxy groups -OCH3 is 1. The van der Waals surface area contributed by atoms with Crippen molar-refractivity contribution in [3.8, 4) is 5.75 Å². The summed E-state index contributed by atoms with van der Waals surface area (Å²) >= 11 is 1.28. The molecule has 0 aliphatic rings. The van der Waals surface area contributed by atoms with Gasteiger partial charge in [0, 0.05) is 22.0 Å². The van der Waals surface area contributed by atoms with Gasteiger partial charge in [0.2, 0.25) is 5.91 Å². The number of rotatable bonds is 6. The lowest BCUT2D eigenvalue weighted by Gasteiger charge is -2.08. The maximum Gasteiger partial charge on any atom is 0.257 e. The molecule has 2 N–H and O–H groups in total. The number of hydrogen-bond donors (Lipinski definition) is 2. The summed E-state index contributed by atoms with van der Waals surface area (Å²) in [6.07, 6.45) is 0.123. The summed E-state index contributed by atoms with van der Waals surface area (Å²) in [7, 11) is 1.57. The Morgan fingerprint density at radius 3 is 2.53 bits per heavy atom. The van der Waals surface area contributed by atoms with Crippen molar-refractivity contribution >= 4 is 44.7 Å². The Morgan fingerprint density at radius 1 is 0.967 bits per heavy atom. The molecular weight excluding hydrogens is 398 g/mol. The predicted octanol–water partition coefficient (Wildman–Crippen LogP) is 4.74. The van der Waals surface area contributed by atoms with Gasteiger partial charge in [-0.1, -0.05) is 36.4 Å². The van der Waals surface area contributed by atoms with Crippen LogP contribution in [0.2, 0.25) is 0 Å². The van der Waals surface area contributed by atoms with Crippen molar-refractivity contribution in [2.45, 2.75) is 6.42 Å². The Balaban J connectivity index is 1.39. The second-order valence-corrected chi connectivity index (χ2v) is 7.44. The van der Waals surface area contributed by atoms with E-state index in [0.29, 0.717) is 22.1 Å². The topological polar surface area (TPSA) is 80.3 Å². The van der Waals surface area contributed by atoms with Crippen LogP contribution in [0.1, 0.15) is 16.1 Å². The zero-order valence-corrected chi connectivity index (χ0v) is 17.0. The molecule has 0 aliphatic carbocycles. The van der Waals surface area contributed by atoms with Crippen LogP contribution in [-0.4, -0.2) is 23.9 Å². The number of anilines is 2. The average molecular weight is 417 g/mol. The first-order chi connectivity index (χ1) is 14.6. The maximum absolute atomic E-state index is 12.5. The zero-order valence-electron chi connectivity index (χ0n) is 16.2. The minimum atomic E-state index is -0.265. The molecule has 6 nitrogen and oxygen atoms in total. The third kappa shape index (κ3) is 4.47. The molecule has 7 heteroatoms. The Hall–Kier alpha value is -3.71. The molecule has 0 radical (unpaired) electrons. The molecule has 1 heterocycles. The fourth-order valence-corrected chi connectivity index (χ4v) is 3.76. The maximum atomic E-state index is 12.5. The van der Waals surface area contributed by atoms with Crippen molar-refractivity contribution in [3.63, 3.8) is 0 Å². The third-order valence-electron chi connectivity index (χ3n) is 4.53. The number of carbonyl (C=O) groups excluding carboxylic acids is 2. The van der Waals surface area contributed by atoms with Gasteiger partial charge >= 0.3 is 0 Å². The van der Waals surface area contributed by atoms with Crippen LogP contribution in [0.25, 0.3) is 10.8 Å². The highest BCUT2D eigenvalue weighted by atomic mass is 32.1.